The maximum absolute atomic E-state index is 11.7. The summed E-state index contributed by atoms with van der Waals surface area (Å²) in [6.45, 7) is 1.20. The van der Waals surface area contributed by atoms with Crippen molar-refractivity contribution in [2.45, 2.75) is 30.9 Å². The molecule has 1 aliphatic rings. The number of halogens is 1. The Morgan fingerprint density at radius 3 is 2.53 bits per heavy atom. The molecule has 1 saturated carbocycles. The van der Waals surface area contributed by atoms with Crippen LogP contribution in [0.1, 0.15) is 25.7 Å². The third-order valence-electron chi connectivity index (χ3n) is 2.51. The second-order valence-electron chi connectivity index (χ2n) is 3.65. The zero-order valence-electron chi connectivity index (χ0n) is 8.75. The van der Waals surface area contributed by atoms with E-state index in [-0.39, 0.29) is 5.25 Å². The van der Waals surface area contributed by atoms with E-state index in [0.717, 1.165) is 25.7 Å². The smallest absolute Gasteiger partial charge is 0.214 e. The molecule has 1 N–H and O–H groups in total. The van der Waals surface area contributed by atoms with Gasteiger partial charge in [-0.05, 0) is 12.8 Å². The first-order valence-corrected chi connectivity index (χ1v) is 7.37. The van der Waals surface area contributed by atoms with E-state index in [2.05, 4.69) is 4.72 Å². The molecular formula is C9H18ClNO3S. The van der Waals surface area contributed by atoms with Crippen molar-refractivity contribution in [1.29, 1.82) is 0 Å². The standard InChI is InChI=1S/C9H18ClNO3S/c10-5-7-14-8-6-11-15(12,13)9-3-1-2-4-9/h9,11H,1-8H2. The summed E-state index contributed by atoms with van der Waals surface area (Å²) < 4.78 is 31.0. The van der Waals surface area contributed by atoms with Gasteiger partial charge in [-0.25, -0.2) is 13.1 Å². The minimum Gasteiger partial charge on any atom is -0.379 e. The molecule has 0 unspecified atom stereocenters. The Bertz CT molecular complexity index is 263. The lowest BCUT2D eigenvalue weighted by atomic mass is 10.4. The molecule has 0 radical (unpaired) electrons. The topological polar surface area (TPSA) is 55.4 Å². The highest BCUT2D eigenvalue weighted by atomic mass is 35.5. The highest BCUT2D eigenvalue weighted by molar-refractivity contribution is 7.90. The van der Waals surface area contributed by atoms with Crippen molar-refractivity contribution >= 4 is 21.6 Å². The van der Waals surface area contributed by atoms with Crippen molar-refractivity contribution in [2.75, 3.05) is 25.6 Å². The molecule has 0 heterocycles. The minimum atomic E-state index is -3.11. The van der Waals surface area contributed by atoms with Crippen LogP contribution in [0.4, 0.5) is 0 Å². The molecule has 0 aromatic rings. The van der Waals surface area contributed by atoms with Gasteiger partial charge in [0.05, 0.1) is 18.5 Å². The predicted molar refractivity (Wildman–Crippen MR) is 60.7 cm³/mol. The second kappa shape index (κ2) is 6.68. The highest BCUT2D eigenvalue weighted by Crippen LogP contribution is 2.23. The summed E-state index contributed by atoms with van der Waals surface area (Å²) in [5.41, 5.74) is 0. The highest BCUT2D eigenvalue weighted by Gasteiger charge is 2.27. The molecule has 0 spiro atoms. The lowest BCUT2D eigenvalue weighted by Crippen LogP contribution is -2.34. The number of nitrogens with one attached hydrogen (secondary N) is 1. The van der Waals surface area contributed by atoms with Crippen molar-refractivity contribution < 1.29 is 13.2 Å². The van der Waals surface area contributed by atoms with Crippen LogP contribution >= 0.6 is 11.6 Å². The van der Waals surface area contributed by atoms with Gasteiger partial charge in [0, 0.05) is 12.4 Å². The Hall–Kier alpha value is 0.160. The lowest BCUT2D eigenvalue weighted by molar-refractivity contribution is 0.155. The number of sulfonamides is 1. The summed E-state index contributed by atoms with van der Waals surface area (Å²) in [5, 5.41) is -0.189. The van der Waals surface area contributed by atoms with E-state index in [0.29, 0.717) is 25.6 Å². The Balaban J connectivity index is 2.18. The third-order valence-corrected chi connectivity index (χ3v) is 4.62. The fourth-order valence-electron chi connectivity index (χ4n) is 1.73. The van der Waals surface area contributed by atoms with Gasteiger partial charge in [-0.15, -0.1) is 11.6 Å². The fourth-order valence-corrected chi connectivity index (χ4v) is 3.40. The molecule has 0 aliphatic heterocycles. The first kappa shape index (κ1) is 13.2. The normalized spacial score (nSPS) is 18.5. The van der Waals surface area contributed by atoms with Crippen LogP contribution < -0.4 is 4.72 Å². The monoisotopic (exact) mass is 255 g/mol. The SMILES string of the molecule is O=S(=O)(NCCOCCCl)C1CCCC1. The number of hydrogen-bond acceptors (Lipinski definition) is 3. The quantitative estimate of drug-likeness (QED) is 0.548. The van der Waals surface area contributed by atoms with Crippen LogP contribution in [-0.4, -0.2) is 39.3 Å². The van der Waals surface area contributed by atoms with Gasteiger partial charge in [0.1, 0.15) is 0 Å². The zero-order valence-corrected chi connectivity index (χ0v) is 10.3. The Kier molecular flexibility index (Phi) is 5.89. The van der Waals surface area contributed by atoms with E-state index in [1.165, 1.54) is 0 Å². The zero-order chi connectivity index (χ0) is 11.1. The fraction of sp³-hybridized carbons (Fsp3) is 1.00. The van der Waals surface area contributed by atoms with Crippen LogP contribution in [0.2, 0.25) is 0 Å². The van der Waals surface area contributed by atoms with Crippen molar-refractivity contribution in [3.8, 4) is 0 Å². The minimum absolute atomic E-state index is 0.189. The molecule has 0 bridgehead atoms. The van der Waals surface area contributed by atoms with Gasteiger partial charge in [0.25, 0.3) is 0 Å². The summed E-state index contributed by atoms with van der Waals surface area (Å²) in [4.78, 5) is 0. The van der Waals surface area contributed by atoms with Crippen LogP contribution in [0, 0.1) is 0 Å². The lowest BCUT2D eigenvalue weighted by Gasteiger charge is -2.12. The van der Waals surface area contributed by atoms with E-state index in [9.17, 15) is 8.42 Å². The van der Waals surface area contributed by atoms with Gasteiger partial charge in [-0.2, -0.15) is 0 Å². The number of hydrogen-bond donors (Lipinski definition) is 1. The Morgan fingerprint density at radius 1 is 1.27 bits per heavy atom. The molecule has 6 heteroatoms. The number of alkyl halides is 1. The van der Waals surface area contributed by atoms with Crippen LogP contribution in [0.25, 0.3) is 0 Å². The Labute approximate surface area is 96.4 Å². The maximum atomic E-state index is 11.7. The maximum Gasteiger partial charge on any atom is 0.214 e. The molecule has 4 nitrogen and oxygen atoms in total. The molecule has 90 valence electrons. The molecule has 1 fully saturated rings. The largest absolute Gasteiger partial charge is 0.379 e. The number of ether oxygens (including phenoxy) is 1. The third kappa shape index (κ3) is 4.68. The molecule has 0 atom stereocenters. The van der Waals surface area contributed by atoms with Crippen molar-refractivity contribution in [2.24, 2.45) is 0 Å². The van der Waals surface area contributed by atoms with Crippen molar-refractivity contribution in [3.63, 3.8) is 0 Å². The van der Waals surface area contributed by atoms with Gasteiger partial charge in [-0.1, -0.05) is 12.8 Å². The average molecular weight is 256 g/mol. The van der Waals surface area contributed by atoms with Gasteiger partial charge in [0.2, 0.25) is 10.0 Å². The molecular weight excluding hydrogens is 238 g/mol. The van der Waals surface area contributed by atoms with E-state index >= 15 is 0 Å². The van der Waals surface area contributed by atoms with Crippen molar-refractivity contribution in [1.82, 2.24) is 4.72 Å². The van der Waals surface area contributed by atoms with Gasteiger partial charge < -0.3 is 4.74 Å². The first-order chi connectivity index (χ1) is 7.17. The molecule has 1 rings (SSSR count). The summed E-state index contributed by atoms with van der Waals surface area (Å²) in [5.74, 6) is 0.440. The second-order valence-corrected chi connectivity index (χ2v) is 6.07. The molecule has 0 aromatic carbocycles. The van der Waals surface area contributed by atoms with E-state index in [4.69, 9.17) is 16.3 Å². The van der Waals surface area contributed by atoms with Crippen LogP contribution in [-0.2, 0) is 14.8 Å². The molecule has 15 heavy (non-hydrogen) atoms. The van der Waals surface area contributed by atoms with Crippen molar-refractivity contribution in [3.05, 3.63) is 0 Å². The molecule has 1 aliphatic carbocycles. The average Bonchev–Trinajstić information content (AvgIpc) is 2.70. The van der Waals surface area contributed by atoms with Crippen LogP contribution in [0.3, 0.4) is 0 Å². The molecule has 0 aromatic heterocycles. The molecule has 0 amide bonds. The summed E-state index contributed by atoms with van der Waals surface area (Å²) in [6.07, 6.45) is 3.62. The number of rotatable bonds is 7. The van der Waals surface area contributed by atoms with E-state index in [1.807, 2.05) is 0 Å². The van der Waals surface area contributed by atoms with Crippen LogP contribution in [0.5, 0.6) is 0 Å². The summed E-state index contributed by atoms with van der Waals surface area (Å²) >= 11 is 5.41. The predicted octanol–water partition coefficient (Wildman–Crippen LogP) is 1.10. The summed E-state index contributed by atoms with van der Waals surface area (Å²) in [6, 6.07) is 0. The molecule has 0 saturated heterocycles. The Morgan fingerprint density at radius 2 is 1.93 bits per heavy atom. The first-order valence-electron chi connectivity index (χ1n) is 5.29. The van der Waals surface area contributed by atoms with E-state index in [1.54, 1.807) is 0 Å². The van der Waals surface area contributed by atoms with Gasteiger partial charge in [-0.3, -0.25) is 0 Å². The van der Waals surface area contributed by atoms with Gasteiger partial charge >= 0.3 is 0 Å². The van der Waals surface area contributed by atoms with Gasteiger partial charge in [0.15, 0.2) is 0 Å². The summed E-state index contributed by atoms with van der Waals surface area (Å²) in [7, 11) is -3.11. The van der Waals surface area contributed by atoms with Crippen LogP contribution in [0.15, 0.2) is 0 Å². The van der Waals surface area contributed by atoms with E-state index < -0.39 is 10.0 Å².